The smallest absolute Gasteiger partial charge is 0.318 e. The van der Waals surface area contributed by atoms with E-state index in [0.29, 0.717) is 29.0 Å². The number of aryl methyl sites for hydroxylation is 1. The van der Waals surface area contributed by atoms with Gasteiger partial charge in [0.1, 0.15) is 11.2 Å². The monoisotopic (exact) mass is 345 g/mol. The van der Waals surface area contributed by atoms with E-state index in [4.69, 9.17) is 11.6 Å². The highest BCUT2D eigenvalue weighted by atomic mass is 35.5. The Labute approximate surface area is 144 Å². The Kier molecular flexibility index (Phi) is 4.18. The third-order valence-electron chi connectivity index (χ3n) is 4.74. The van der Waals surface area contributed by atoms with Gasteiger partial charge in [-0.25, -0.2) is 4.39 Å². The number of halogens is 2. The third-order valence-corrected chi connectivity index (χ3v) is 5.12. The number of hydrogen-bond acceptors (Lipinski definition) is 2. The summed E-state index contributed by atoms with van der Waals surface area (Å²) in [7, 11) is 0. The van der Waals surface area contributed by atoms with Crippen molar-refractivity contribution in [1.29, 1.82) is 0 Å². The van der Waals surface area contributed by atoms with Gasteiger partial charge in [-0.2, -0.15) is 0 Å². The maximum absolute atomic E-state index is 13.9. The highest BCUT2D eigenvalue weighted by Crippen LogP contribution is 2.44. The first-order valence-electron chi connectivity index (χ1n) is 7.68. The largest absolute Gasteiger partial charge is 0.480 e. The SMILES string of the molecule is Cc1ncc(C2=CC(C(=O)O)(c3cccc(F)c3C)CC2)cc1Cl. The second kappa shape index (κ2) is 6.02. The molecule has 1 unspecified atom stereocenters. The van der Waals surface area contributed by atoms with E-state index >= 15 is 0 Å². The number of nitrogens with zero attached hydrogens (tertiary/aromatic N) is 1. The van der Waals surface area contributed by atoms with Crippen molar-refractivity contribution >= 4 is 23.1 Å². The molecule has 2 aromatic rings. The van der Waals surface area contributed by atoms with Crippen LogP contribution >= 0.6 is 11.6 Å². The van der Waals surface area contributed by atoms with Gasteiger partial charge < -0.3 is 5.11 Å². The molecule has 0 bridgehead atoms. The Hall–Kier alpha value is -2.20. The molecule has 1 aliphatic carbocycles. The molecular formula is C19H17ClFNO2. The minimum atomic E-state index is -1.22. The quantitative estimate of drug-likeness (QED) is 0.877. The Morgan fingerprint density at radius 3 is 2.79 bits per heavy atom. The van der Waals surface area contributed by atoms with Crippen LogP contribution in [-0.2, 0) is 10.2 Å². The van der Waals surface area contributed by atoms with Crippen LogP contribution in [0, 0.1) is 19.7 Å². The van der Waals surface area contributed by atoms with E-state index in [9.17, 15) is 14.3 Å². The summed E-state index contributed by atoms with van der Waals surface area (Å²) in [5.74, 6) is -1.37. The summed E-state index contributed by atoms with van der Waals surface area (Å²) < 4.78 is 13.9. The molecule has 0 fully saturated rings. The summed E-state index contributed by atoms with van der Waals surface area (Å²) in [4.78, 5) is 16.3. The number of benzene rings is 1. The van der Waals surface area contributed by atoms with Crippen LogP contribution in [0.15, 0.2) is 36.5 Å². The first-order valence-corrected chi connectivity index (χ1v) is 8.06. The normalized spacial score (nSPS) is 20.1. The van der Waals surface area contributed by atoms with Gasteiger partial charge >= 0.3 is 5.97 Å². The molecule has 3 rings (SSSR count). The zero-order chi connectivity index (χ0) is 17.5. The van der Waals surface area contributed by atoms with Gasteiger partial charge in [0, 0.05) is 6.20 Å². The second-order valence-corrected chi connectivity index (χ2v) is 6.56. The van der Waals surface area contributed by atoms with Crippen LogP contribution in [0.25, 0.3) is 5.57 Å². The number of carbonyl (C=O) groups is 1. The highest BCUT2D eigenvalue weighted by molar-refractivity contribution is 6.31. The van der Waals surface area contributed by atoms with Crippen LogP contribution in [0.4, 0.5) is 4.39 Å². The van der Waals surface area contributed by atoms with Crippen LogP contribution in [0.5, 0.6) is 0 Å². The molecule has 1 N–H and O–H groups in total. The molecule has 0 amide bonds. The number of allylic oxidation sites excluding steroid dienone is 1. The fourth-order valence-electron chi connectivity index (χ4n) is 3.27. The van der Waals surface area contributed by atoms with Gasteiger partial charge in [0.2, 0.25) is 0 Å². The molecule has 1 atom stereocenters. The van der Waals surface area contributed by atoms with Crippen LogP contribution in [0.2, 0.25) is 5.02 Å². The van der Waals surface area contributed by atoms with Crippen LogP contribution < -0.4 is 0 Å². The topological polar surface area (TPSA) is 50.2 Å². The number of hydrogen-bond donors (Lipinski definition) is 1. The number of carboxylic acid groups (broad SMARTS) is 1. The minimum Gasteiger partial charge on any atom is -0.480 e. The van der Waals surface area contributed by atoms with E-state index in [1.165, 1.54) is 6.07 Å². The lowest BCUT2D eigenvalue weighted by atomic mass is 9.78. The van der Waals surface area contributed by atoms with Crippen molar-refractivity contribution in [3.05, 3.63) is 69.8 Å². The van der Waals surface area contributed by atoms with E-state index in [1.807, 2.05) is 6.92 Å². The van der Waals surface area contributed by atoms with Crippen LogP contribution in [-0.4, -0.2) is 16.1 Å². The number of carboxylic acids is 1. The fraction of sp³-hybridized carbons (Fsp3) is 0.263. The summed E-state index contributed by atoms with van der Waals surface area (Å²) in [6, 6.07) is 6.38. The standard InChI is InChI=1S/C19H17ClFNO2/c1-11-15(4-3-5-17(11)21)19(18(23)24)7-6-13(9-19)14-8-16(20)12(2)22-10-14/h3-5,8-10H,6-7H2,1-2H3,(H,23,24). The highest BCUT2D eigenvalue weighted by Gasteiger charge is 2.43. The Bertz CT molecular complexity index is 862. The average molecular weight is 346 g/mol. The predicted molar refractivity (Wildman–Crippen MR) is 91.6 cm³/mol. The fourth-order valence-corrected chi connectivity index (χ4v) is 3.44. The van der Waals surface area contributed by atoms with E-state index in [0.717, 1.165) is 16.8 Å². The summed E-state index contributed by atoms with van der Waals surface area (Å²) in [6.45, 7) is 3.43. The van der Waals surface area contributed by atoms with Gasteiger partial charge in [-0.1, -0.05) is 29.8 Å². The predicted octanol–water partition coefficient (Wildman–Crippen LogP) is 4.69. The third kappa shape index (κ3) is 2.61. The van der Waals surface area contributed by atoms with E-state index in [-0.39, 0.29) is 0 Å². The molecule has 1 aliphatic rings. The lowest BCUT2D eigenvalue weighted by molar-refractivity contribution is -0.141. The number of aromatic nitrogens is 1. The van der Waals surface area contributed by atoms with Crippen molar-refractivity contribution in [3.63, 3.8) is 0 Å². The molecule has 1 aromatic heterocycles. The molecule has 0 saturated heterocycles. The van der Waals surface area contributed by atoms with E-state index in [2.05, 4.69) is 4.98 Å². The lowest BCUT2D eigenvalue weighted by Crippen LogP contribution is -2.32. The first kappa shape index (κ1) is 16.7. The lowest BCUT2D eigenvalue weighted by Gasteiger charge is -2.24. The number of rotatable bonds is 3. The summed E-state index contributed by atoms with van der Waals surface area (Å²) in [5.41, 5.74) is 2.05. The van der Waals surface area contributed by atoms with Gasteiger partial charge in [-0.3, -0.25) is 9.78 Å². The van der Waals surface area contributed by atoms with Gasteiger partial charge in [0.05, 0.1) is 10.7 Å². The van der Waals surface area contributed by atoms with Crippen molar-refractivity contribution in [2.24, 2.45) is 0 Å². The molecule has 0 radical (unpaired) electrons. The van der Waals surface area contributed by atoms with Crippen LogP contribution in [0.1, 0.15) is 35.2 Å². The van der Waals surface area contributed by atoms with Crippen molar-refractivity contribution < 1.29 is 14.3 Å². The van der Waals surface area contributed by atoms with Crippen molar-refractivity contribution in [2.75, 3.05) is 0 Å². The van der Waals surface area contributed by atoms with Crippen molar-refractivity contribution in [1.82, 2.24) is 4.98 Å². The second-order valence-electron chi connectivity index (χ2n) is 6.15. The Morgan fingerprint density at radius 1 is 1.38 bits per heavy atom. The molecule has 3 nitrogen and oxygen atoms in total. The minimum absolute atomic E-state index is 0.373. The average Bonchev–Trinajstić information content (AvgIpc) is 2.99. The summed E-state index contributed by atoms with van der Waals surface area (Å²) >= 11 is 6.13. The van der Waals surface area contributed by atoms with Crippen LogP contribution in [0.3, 0.4) is 0 Å². The van der Waals surface area contributed by atoms with Gasteiger partial charge in [-0.05, 0) is 61.1 Å². The van der Waals surface area contributed by atoms with Crippen molar-refractivity contribution in [2.45, 2.75) is 32.1 Å². The van der Waals surface area contributed by atoms with Crippen molar-refractivity contribution in [3.8, 4) is 0 Å². The summed E-state index contributed by atoms with van der Waals surface area (Å²) in [5, 5.41) is 10.4. The molecule has 1 heterocycles. The zero-order valence-corrected chi connectivity index (χ0v) is 14.2. The molecular weight excluding hydrogens is 329 g/mol. The Morgan fingerprint density at radius 2 is 2.12 bits per heavy atom. The maximum atomic E-state index is 13.9. The molecule has 124 valence electrons. The molecule has 1 aromatic carbocycles. The Balaban J connectivity index is 2.13. The number of aliphatic carboxylic acids is 1. The number of pyridine rings is 1. The molecule has 0 saturated carbocycles. The van der Waals surface area contributed by atoms with E-state index < -0.39 is 17.2 Å². The maximum Gasteiger partial charge on any atom is 0.318 e. The van der Waals surface area contributed by atoms with Gasteiger partial charge in [0.25, 0.3) is 0 Å². The van der Waals surface area contributed by atoms with Gasteiger partial charge in [0.15, 0.2) is 0 Å². The molecule has 24 heavy (non-hydrogen) atoms. The molecule has 5 heteroatoms. The molecule has 0 spiro atoms. The first-order chi connectivity index (χ1) is 11.3. The summed E-state index contributed by atoms with van der Waals surface area (Å²) in [6.07, 6.45) is 4.37. The zero-order valence-electron chi connectivity index (χ0n) is 13.4. The van der Waals surface area contributed by atoms with E-state index in [1.54, 1.807) is 37.4 Å². The molecule has 0 aliphatic heterocycles. The van der Waals surface area contributed by atoms with Gasteiger partial charge in [-0.15, -0.1) is 0 Å².